The van der Waals surface area contributed by atoms with Gasteiger partial charge in [-0.2, -0.15) is 0 Å². The number of benzene rings is 3. The van der Waals surface area contributed by atoms with E-state index in [1.165, 1.54) is 32.8 Å². The molecule has 1 aromatic heterocycles. The lowest BCUT2D eigenvalue weighted by Crippen LogP contribution is -1.87. The quantitative estimate of drug-likeness (QED) is 0.485. The minimum absolute atomic E-state index is 0.938. The van der Waals surface area contributed by atoms with Gasteiger partial charge in [0.1, 0.15) is 0 Å². The molecule has 0 saturated carbocycles. The molecule has 1 N–H and O–H groups in total. The van der Waals surface area contributed by atoms with Gasteiger partial charge in [-0.25, -0.2) is 0 Å². The fourth-order valence-electron chi connectivity index (χ4n) is 2.92. The van der Waals surface area contributed by atoms with Crippen LogP contribution in [-0.2, 0) is 6.42 Å². The third-order valence-corrected chi connectivity index (χ3v) is 4.61. The summed E-state index contributed by atoms with van der Waals surface area (Å²) in [6.07, 6.45) is 3.05. The van der Waals surface area contributed by atoms with Crippen molar-refractivity contribution in [3.05, 3.63) is 82.5 Å². The van der Waals surface area contributed by atoms with Crippen LogP contribution in [0.1, 0.15) is 11.1 Å². The molecule has 0 atom stereocenters. The monoisotopic (exact) mass is 335 g/mol. The van der Waals surface area contributed by atoms with Crippen LogP contribution in [0.25, 0.3) is 21.7 Å². The number of rotatable bonds is 2. The number of aromatic nitrogens is 1. The minimum atomic E-state index is 0.938. The van der Waals surface area contributed by atoms with Crippen LogP contribution in [0.3, 0.4) is 0 Å². The largest absolute Gasteiger partial charge is 0.361 e. The molecule has 0 saturated heterocycles. The van der Waals surface area contributed by atoms with Crippen molar-refractivity contribution in [3.8, 4) is 0 Å². The Morgan fingerprint density at radius 3 is 2.62 bits per heavy atom. The highest BCUT2D eigenvalue weighted by Gasteiger charge is 2.08. The molecule has 0 aliphatic carbocycles. The average Bonchev–Trinajstić information content (AvgIpc) is 2.92. The Morgan fingerprint density at radius 1 is 0.857 bits per heavy atom. The van der Waals surface area contributed by atoms with Crippen molar-refractivity contribution < 1.29 is 0 Å². The van der Waals surface area contributed by atoms with Crippen LogP contribution in [-0.4, -0.2) is 4.98 Å². The van der Waals surface area contributed by atoms with E-state index >= 15 is 0 Å². The van der Waals surface area contributed by atoms with Crippen molar-refractivity contribution >= 4 is 37.6 Å². The number of nitrogens with one attached hydrogen (secondary N) is 1. The zero-order chi connectivity index (χ0) is 14.2. The SMILES string of the molecule is Brc1cccc2[nH]cc(Cc3ccc4ccccc4c3)c12. The summed E-state index contributed by atoms with van der Waals surface area (Å²) >= 11 is 3.66. The smallest absolute Gasteiger partial charge is 0.0468 e. The maximum atomic E-state index is 3.66. The summed E-state index contributed by atoms with van der Waals surface area (Å²) in [4.78, 5) is 3.36. The molecule has 1 nitrogen and oxygen atoms in total. The van der Waals surface area contributed by atoms with E-state index in [2.05, 4.69) is 87.8 Å². The molecule has 3 aromatic carbocycles. The molecular formula is C19H14BrN. The Morgan fingerprint density at radius 2 is 1.71 bits per heavy atom. The summed E-state index contributed by atoms with van der Waals surface area (Å²) < 4.78 is 1.15. The zero-order valence-corrected chi connectivity index (χ0v) is 13.0. The van der Waals surface area contributed by atoms with Gasteiger partial charge < -0.3 is 4.98 Å². The summed E-state index contributed by atoms with van der Waals surface area (Å²) in [5.74, 6) is 0. The van der Waals surface area contributed by atoms with Crippen molar-refractivity contribution in [3.63, 3.8) is 0 Å². The summed E-state index contributed by atoms with van der Waals surface area (Å²) in [5.41, 5.74) is 3.85. The van der Waals surface area contributed by atoms with Gasteiger partial charge in [-0.15, -0.1) is 0 Å². The van der Waals surface area contributed by atoms with Crippen molar-refractivity contribution in [2.45, 2.75) is 6.42 Å². The molecule has 0 amide bonds. The van der Waals surface area contributed by atoms with E-state index in [1.807, 2.05) is 0 Å². The van der Waals surface area contributed by atoms with E-state index in [-0.39, 0.29) is 0 Å². The second-order valence-corrected chi connectivity index (χ2v) is 6.19. The van der Waals surface area contributed by atoms with Crippen LogP contribution in [0.5, 0.6) is 0 Å². The van der Waals surface area contributed by atoms with E-state index in [4.69, 9.17) is 0 Å². The minimum Gasteiger partial charge on any atom is -0.361 e. The third-order valence-electron chi connectivity index (χ3n) is 3.95. The first-order valence-corrected chi connectivity index (χ1v) is 7.83. The lowest BCUT2D eigenvalue weighted by molar-refractivity contribution is 1.21. The van der Waals surface area contributed by atoms with Gasteiger partial charge in [-0.05, 0) is 40.5 Å². The van der Waals surface area contributed by atoms with Gasteiger partial charge in [-0.3, -0.25) is 0 Å². The lowest BCUT2D eigenvalue weighted by Gasteiger charge is -2.04. The van der Waals surface area contributed by atoms with Crippen LogP contribution in [0.4, 0.5) is 0 Å². The predicted molar refractivity (Wildman–Crippen MR) is 92.8 cm³/mol. The first-order valence-electron chi connectivity index (χ1n) is 7.03. The van der Waals surface area contributed by atoms with E-state index < -0.39 is 0 Å². The highest BCUT2D eigenvalue weighted by molar-refractivity contribution is 9.10. The molecule has 4 aromatic rings. The second-order valence-electron chi connectivity index (χ2n) is 5.33. The molecule has 21 heavy (non-hydrogen) atoms. The van der Waals surface area contributed by atoms with Gasteiger partial charge in [-0.1, -0.05) is 64.5 Å². The molecule has 0 fully saturated rings. The van der Waals surface area contributed by atoms with E-state index in [0.717, 1.165) is 10.9 Å². The number of halogens is 1. The van der Waals surface area contributed by atoms with Crippen LogP contribution >= 0.6 is 15.9 Å². The fraction of sp³-hybridized carbons (Fsp3) is 0.0526. The van der Waals surface area contributed by atoms with Crippen LogP contribution in [0.2, 0.25) is 0 Å². The van der Waals surface area contributed by atoms with Crippen LogP contribution in [0, 0.1) is 0 Å². The average molecular weight is 336 g/mol. The summed E-state index contributed by atoms with van der Waals surface area (Å²) in [7, 11) is 0. The molecule has 1 heterocycles. The van der Waals surface area contributed by atoms with Gasteiger partial charge in [0.05, 0.1) is 0 Å². The third kappa shape index (κ3) is 2.26. The van der Waals surface area contributed by atoms with Crippen LogP contribution in [0.15, 0.2) is 71.3 Å². The summed E-state index contributed by atoms with van der Waals surface area (Å²) in [5, 5.41) is 3.88. The zero-order valence-electron chi connectivity index (χ0n) is 11.4. The Hall–Kier alpha value is -2.06. The number of H-pyrrole nitrogens is 1. The predicted octanol–water partition coefficient (Wildman–Crippen LogP) is 5.67. The van der Waals surface area contributed by atoms with Crippen molar-refractivity contribution in [1.29, 1.82) is 0 Å². The fourth-order valence-corrected chi connectivity index (χ4v) is 3.54. The molecular weight excluding hydrogens is 322 g/mol. The molecule has 0 aliphatic rings. The Labute approximate surface area is 131 Å². The summed E-state index contributed by atoms with van der Waals surface area (Å²) in [6, 6.07) is 21.5. The molecule has 2 heteroatoms. The lowest BCUT2D eigenvalue weighted by atomic mass is 10.0. The van der Waals surface area contributed by atoms with Gasteiger partial charge >= 0.3 is 0 Å². The summed E-state index contributed by atoms with van der Waals surface area (Å²) in [6.45, 7) is 0. The first kappa shape index (κ1) is 12.7. The Kier molecular flexibility index (Phi) is 3.04. The number of aromatic amines is 1. The van der Waals surface area contributed by atoms with E-state index in [0.29, 0.717) is 0 Å². The van der Waals surface area contributed by atoms with Crippen molar-refractivity contribution in [1.82, 2.24) is 4.98 Å². The highest BCUT2D eigenvalue weighted by atomic mass is 79.9. The molecule has 4 rings (SSSR count). The maximum absolute atomic E-state index is 3.66. The highest BCUT2D eigenvalue weighted by Crippen LogP contribution is 2.29. The standard InChI is InChI=1S/C19H14BrN/c20-17-6-3-7-18-19(17)16(12-21-18)11-13-8-9-14-4-1-2-5-15(14)10-13/h1-10,12,21H,11H2. The molecule has 102 valence electrons. The number of hydrogen-bond acceptors (Lipinski definition) is 0. The van der Waals surface area contributed by atoms with Gasteiger partial charge in [0, 0.05) is 21.6 Å². The van der Waals surface area contributed by atoms with E-state index in [9.17, 15) is 0 Å². The van der Waals surface area contributed by atoms with Crippen molar-refractivity contribution in [2.75, 3.05) is 0 Å². The molecule has 0 spiro atoms. The van der Waals surface area contributed by atoms with Crippen LogP contribution < -0.4 is 0 Å². The Balaban J connectivity index is 1.79. The number of hydrogen-bond donors (Lipinski definition) is 1. The second kappa shape index (κ2) is 5.05. The van der Waals surface area contributed by atoms with Crippen molar-refractivity contribution in [2.24, 2.45) is 0 Å². The van der Waals surface area contributed by atoms with Gasteiger partial charge in [0.15, 0.2) is 0 Å². The topological polar surface area (TPSA) is 15.8 Å². The molecule has 0 bridgehead atoms. The molecule has 0 aliphatic heterocycles. The van der Waals surface area contributed by atoms with E-state index in [1.54, 1.807) is 0 Å². The molecule has 0 unspecified atom stereocenters. The van der Waals surface area contributed by atoms with Gasteiger partial charge in [0.2, 0.25) is 0 Å². The first-order chi connectivity index (χ1) is 10.3. The normalized spacial score (nSPS) is 11.3. The number of fused-ring (bicyclic) bond motifs is 2. The Bertz CT molecular complexity index is 937. The maximum Gasteiger partial charge on any atom is 0.0468 e. The van der Waals surface area contributed by atoms with Gasteiger partial charge in [0.25, 0.3) is 0 Å². The molecule has 0 radical (unpaired) electrons.